The Morgan fingerprint density at radius 3 is 1.87 bits per heavy atom. The van der Waals surface area contributed by atoms with Crippen LogP contribution in [0, 0.1) is 36.5 Å². The highest BCUT2D eigenvalue weighted by Gasteiger charge is 2.20. The van der Waals surface area contributed by atoms with E-state index in [4.69, 9.17) is 25.8 Å². The third kappa shape index (κ3) is 18.4. The number of anilines is 3. The molecule has 2 aromatic heterocycles. The van der Waals surface area contributed by atoms with Gasteiger partial charge in [0, 0.05) is 25.6 Å². The van der Waals surface area contributed by atoms with Gasteiger partial charge in [-0.3, -0.25) is 0 Å². The van der Waals surface area contributed by atoms with Crippen LogP contribution in [0.3, 0.4) is 0 Å². The molecule has 2 rings (SSSR count). The monoisotopic (exact) mass is 773 g/mol. The SMILES string of the molecule is C=N/N=C(/SCC(CCCCC(C)C)CCC(C)C)S/N=N/c1c(C)nn(-c2nc(NCC(CC)CCCC)nc(NCC(CC)CCCC)n2)c1N. The molecular formula is C39H72N12S2. The zero-order chi connectivity index (χ0) is 39.0. The number of hydrogen-bond donors (Lipinski definition) is 3. The number of nitrogens with one attached hydrogen (secondary N) is 2. The zero-order valence-corrected chi connectivity index (χ0v) is 36.2. The van der Waals surface area contributed by atoms with Gasteiger partial charge in [0.1, 0.15) is 0 Å². The average molecular weight is 773 g/mol. The Kier molecular flexibility index (Phi) is 23.6. The van der Waals surface area contributed by atoms with E-state index >= 15 is 0 Å². The van der Waals surface area contributed by atoms with Gasteiger partial charge in [-0.15, -0.1) is 14.7 Å². The van der Waals surface area contributed by atoms with Gasteiger partial charge >= 0.3 is 0 Å². The third-order valence-electron chi connectivity index (χ3n) is 9.71. The Bertz CT molecular complexity index is 1320. The van der Waals surface area contributed by atoms with Gasteiger partial charge in [-0.1, -0.05) is 131 Å². The fourth-order valence-electron chi connectivity index (χ4n) is 6.07. The van der Waals surface area contributed by atoms with E-state index in [1.54, 1.807) is 11.8 Å². The fourth-order valence-corrected chi connectivity index (χ4v) is 7.70. The molecule has 3 unspecified atom stereocenters. The summed E-state index contributed by atoms with van der Waals surface area (Å²) in [4.78, 5) is 14.3. The van der Waals surface area contributed by atoms with Crippen LogP contribution < -0.4 is 16.4 Å². The molecule has 0 aliphatic carbocycles. The van der Waals surface area contributed by atoms with Gasteiger partial charge in [0.2, 0.25) is 11.9 Å². The smallest absolute Gasteiger partial charge is 0.259 e. The van der Waals surface area contributed by atoms with E-state index in [2.05, 4.69) is 92.6 Å². The molecule has 0 saturated heterocycles. The van der Waals surface area contributed by atoms with Crippen LogP contribution in [0.2, 0.25) is 0 Å². The van der Waals surface area contributed by atoms with E-state index < -0.39 is 0 Å². The number of aromatic nitrogens is 5. The first kappa shape index (κ1) is 46.4. The van der Waals surface area contributed by atoms with Crippen molar-refractivity contribution >= 4 is 58.2 Å². The van der Waals surface area contributed by atoms with Crippen LogP contribution in [0.5, 0.6) is 0 Å². The number of aryl methyl sites for hydroxylation is 1. The summed E-state index contributed by atoms with van der Waals surface area (Å²) < 4.78 is 6.67. The van der Waals surface area contributed by atoms with Crippen LogP contribution in [0.1, 0.15) is 151 Å². The van der Waals surface area contributed by atoms with Crippen LogP contribution in [-0.2, 0) is 0 Å². The van der Waals surface area contributed by atoms with Crippen molar-refractivity contribution in [1.29, 1.82) is 0 Å². The summed E-state index contributed by atoms with van der Waals surface area (Å²) in [6, 6.07) is 0. The maximum atomic E-state index is 6.67. The molecule has 0 fully saturated rings. The molecule has 0 aromatic carbocycles. The highest BCUT2D eigenvalue weighted by Crippen LogP contribution is 2.32. The summed E-state index contributed by atoms with van der Waals surface area (Å²) >= 11 is 2.86. The number of nitrogens with two attached hydrogens (primary N) is 1. The van der Waals surface area contributed by atoms with Gasteiger partial charge in [0.25, 0.3) is 5.95 Å². The molecule has 0 spiro atoms. The van der Waals surface area contributed by atoms with Crippen LogP contribution in [0.4, 0.5) is 23.4 Å². The quantitative estimate of drug-likeness (QED) is 0.0191. The van der Waals surface area contributed by atoms with Crippen molar-refractivity contribution in [3.63, 3.8) is 0 Å². The molecule has 0 amide bonds. The molecule has 14 heteroatoms. The topological polar surface area (TPSA) is 156 Å². The van der Waals surface area contributed by atoms with Crippen molar-refractivity contribution in [2.75, 3.05) is 35.2 Å². The number of thioether (sulfide) groups is 1. The molecule has 0 aliphatic heterocycles. The minimum absolute atomic E-state index is 0.307. The molecule has 3 atom stereocenters. The van der Waals surface area contributed by atoms with E-state index in [-0.39, 0.29) is 0 Å². The summed E-state index contributed by atoms with van der Waals surface area (Å²) in [5.74, 6) is 5.74. The minimum atomic E-state index is 0.307. The number of unbranched alkanes of at least 4 members (excludes halogenated alkanes) is 3. The summed E-state index contributed by atoms with van der Waals surface area (Å²) in [5.41, 5.74) is 7.76. The lowest BCUT2D eigenvalue weighted by molar-refractivity contribution is 0.409. The molecule has 0 bridgehead atoms. The summed E-state index contributed by atoms with van der Waals surface area (Å²) in [6.45, 7) is 25.1. The lowest BCUT2D eigenvalue weighted by Gasteiger charge is -2.18. The Hall–Kier alpha value is -2.74. The molecule has 2 heterocycles. The maximum Gasteiger partial charge on any atom is 0.259 e. The number of nitrogen functional groups attached to an aromatic ring is 1. The third-order valence-corrected chi connectivity index (χ3v) is 11.7. The summed E-state index contributed by atoms with van der Waals surface area (Å²) in [7, 11) is 0. The first-order valence-electron chi connectivity index (χ1n) is 20.4. The maximum absolute atomic E-state index is 6.67. The van der Waals surface area contributed by atoms with Crippen molar-refractivity contribution in [3.05, 3.63) is 5.69 Å². The second-order valence-electron chi connectivity index (χ2n) is 15.2. The Balaban J connectivity index is 2.26. The molecule has 2 aromatic rings. The van der Waals surface area contributed by atoms with Crippen molar-refractivity contribution < 1.29 is 0 Å². The van der Waals surface area contributed by atoms with Gasteiger partial charge in [-0.05, 0) is 62.2 Å². The van der Waals surface area contributed by atoms with Crippen LogP contribution in [-0.4, -0.2) is 54.7 Å². The van der Waals surface area contributed by atoms with E-state index in [0.29, 0.717) is 63.1 Å². The lowest BCUT2D eigenvalue weighted by Crippen LogP contribution is -2.20. The largest absolute Gasteiger partial charge is 0.382 e. The van der Waals surface area contributed by atoms with Gasteiger partial charge in [-0.25, -0.2) is 0 Å². The lowest BCUT2D eigenvalue weighted by atomic mass is 9.93. The predicted molar refractivity (Wildman–Crippen MR) is 232 cm³/mol. The summed E-state index contributed by atoms with van der Waals surface area (Å²) in [6.07, 6.45) is 16.8. The van der Waals surface area contributed by atoms with Crippen molar-refractivity contribution in [2.45, 2.75) is 152 Å². The van der Waals surface area contributed by atoms with Crippen LogP contribution in [0.25, 0.3) is 5.95 Å². The molecule has 0 saturated carbocycles. The van der Waals surface area contributed by atoms with Gasteiger partial charge < -0.3 is 16.4 Å². The number of hydrogen-bond acceptors (Lipinski definition) is 13. The Morgan fingerprint density at radius 1 is 0.774 bits per heavy atom. The molecule has 53 heavy (non-hydrogen) atoms. The summed E-state index contributed by atoms with van der Waals surface area (Å²) in [5, 5.41) is 24.3. The Labute approximate surface area is 330 Å². The van der Waals surface area contributed by atoms with E-state index in [1.165, 1.54) is 93.7 Å². The number of rotatable bonds is 28. The molecule has 4 N–H and O–H groups in total. The fraction of sp³-hybridized carbons (Fsp3) is 0.795. The van der Waals surface area contributed by atoms with Crippen molar-refractivity contribution in [1.82, 2.24) is 24.7 Å². The van der Waals surface area contributed by atoms with E-state index in [1.807, 2.05) is 6.92 Å². The minimum Gasteiger partial charge on any atom is -0.382 e. The van der Waals surface area contributed by atoms with Crippen molar-refractivity contribution in [2.24, 2.45) is 49.4 Å². The van der Waals surface area contributed by atoms with Crippen LogP contribution >= 0.6 is 23.7 Å². The molecule has 0 aliphatic rings. The first-order valence-corrected chi connectivity index (χ1v) is 22.1. The molecule has 0 radical (unpaired) electrons. The Morgan fingerprint density at radius 2 is 1.34 bits per heavy atom. The average Bonchev–Trinajstić information content (AvgIpc) is 3.42. The highest BCUT2D eigenvalue weighted by atomic mass is 32.2. The first-order chi connectivity index (χ1) is 25.5. The second-order valence-corrected chi connectivity index (χ2v) is 17.2. The van der Waals surface area contributed by atoms with Gasteiger partial charge in [-0.2, -0.15) is 29.8 Å². The van der Waals surface area contributed by atoms with Crippen LogP contribution in [0.15, 0.2) is 19.8 Å². The van der Waals surface area contributed by atoms with E-state index in [0.717, 1.165) is 37.6 Å². The van der Waals surface area contributed by atoms with Crippen molar-refractivity contribution in [3.8, 4) is 5.95 Å². The standard InChI is InChI=1S/C39H72N12S2/c1-11-15-20-31(13-3)25-42-36-44-37(43-26-32(14-4)21-16-12-2)46-38(45-36)51-35(40)34(30(9)49-51)47-50-53-39(48-41-10)52-27-33(24-23-29(7)8)22-18-17-19-28(5)6/h28-29,31-33H,10-27,40H2,1-9H3,(H2,42,43,44,45,46)/b48-39-,50-47+. The van der Waals surface area contributed by atoms with Gasteiger partial charge in [0.15, 0.2) is 15.9 Å². The molecular weight excluding hydrogens is 701 g/mol. The van der Waals surface area contributed by atoms with E-state index in [9.17, 15) is 0 Å². The predicted octanol–water partition coefficient (Wildman–Crippen LogP) is 11.9. The molecule has 300 valence electrons. The number of nitrogens with zero attached hydrogens (tertiary/aromatic N) is 9. The normalized spacial score (nSPS) is 14.0. The zero-order valence-electron chi connectivity index (χ0n) is 34.5. The highest BCUT2D eigenvalue weighted by molar-refractivity contribution is 8.38. The molecule has 12 nitrogen and oxygen atoms in total. The van der Waals surface area contributed by atoms with Gasteiger partial charge in [0.05, 0.1) is 17.6 Å². The second kappa shape index (κ2) is 26.9.